The maximum Gasteiger partial charge on any atom is 0.337 e. The highest BCUT2D eigenvalue weighted by molar-refractivity contribution is 5.90. The van der Waals surface area contributed by atoms with Crippen LogP contribution in [0.1, 0.15) is 12.0 Å². The summed E-state index contributed by atoms with van der Waals surface area (Å²) in [4.78, 5) is 24.3. The minimum atomic E-state index is -1.13. The van der Waals surface area contributed by atoms with Gasteiger partial charge in [0.15, 0.2) is 6.29 Å². The van der Waals surface area contributed by atoms with Gasteiger partial charge >= 0.3 is 11.9 Å². The van der Waals surface area contributed by atoms with Crippen LogP contribution in [-0.2, 0) is 35.0 Å². The van der Waals surface area contributed by atoms with Gasteiger partial charge in [-0.15, -0.1) is 0 Å². The van der Waals surface area contributed by atoms with Gasteiger partial charge in [0.25, 0.3) is 0 Å². The van der Waals surface area contributed by atoms with Crippen molar-refractivity contribution in [1.29, 1.82) is 0 Å². The average molecular weight is 378 g/mol. The van der Waals surface area contributed by atoms with E-state index < -0.39 is 36.2 Å². The lowest BCUT2D eigenvalue weighted by Gasteiger charge is -2.32. The Labute approximate surface area is 156 Å². The fraction of sp³-hybridized carbons (Fsp3) is 0.474. The Bertz CT molecular complexity index is 711. The molecule has 0 aliphatic carbocycles. The van der Waals surface area contributed by atoms with Gasteiger partial charge in [-0.3, -0.25) is 4.79 Å². The number of phenolic OH excluding ortho intramolecular Hbond substituents is 1. The lowest BCUT2D eigenvalue weighted by molar-refractivity contribution is -0.148. The number of aromatic hydroxyl groups is 1. The number of methoxy groups -OCH3 is 1. The van der Waals surface area contributed by atoms with Crippen LogP contribution in [0.15, 0.2) is 36.1 Å². The van der Waals surface area contributed by atoms with E-state index in [9.17, 15) is 19.8 Å². The first-order valence-corrected chi connectivity index (χ1v) is 8.66. The Morgan fingerprint density at radius 2 is 2.00 bits per heavy atom. The number of hydrogen-bond donors (Lipinski definition) is 2. The SMILES string of the molecule is COC(=O)C1=CO[C@@H]2COC(O)[C@@H]2C1CC(=O)OCCc1ccc(O)cc1. The van der Waals surface area contributed by atoms with Crippen LogP contribution >= 0.6 is 0 Å². The van der Waals surface area contributed by atoms with E-state index >= 15 is 0 Å². The van der Waals surface area contributed by atoms with Crippen molar-refractivity contribution in [2.45, 2.75) is 25.2 Å². The number of benzene rings is 1. The number of ether oxygens (including phenoxy) is 4. The normalized spacial score (nSPS) is 26.5. The van der Waals surface area contributed by atoms with Gasteiger partial charge in [-0.1, -0.05) is 12.1 Å². The van der Waals surface area contributed by atoms with E-state index in [0.717, 1.165) is 5.56 Å². The lowest BCUT2D eigenvalue weighted by atomic mass is 9.79. The van der Waals surface area contributed by atoms with Gasteiger partial charge in [0.05, 0.1) is 44.5 Å². The summed E-state index contributed by atoms with van der Waals surface area (Å²) in [6.07, 6.45) is 0.128. The predicted octanol–water partition coefficient (Wildman–Crippen LogP) is 0.905. The Balaban J connectivity index is 1.60. The van der Waals surface area contributed by atoms with Gasteiger partial charge in [0, 0.05) is 12.3 Å². The van der Waals surface area contributed by atoms with Crippen LogP contribution in [0.3, 0.4) is 0 Å². The summed E-state index contributed by atoms with van der Waals surface area (Å²) < 4.78 is 20.7. The summed E-state index contributed by atoms with van der Waals surface area (Å²) in [6, 6.07) is 6.62. The van der Waals surface area contributed by atoms with Crippen molar-refractivity contribution in [2.75, 3.05) is 20.3 Å². The van der Waals surface area contributed by atoms with Crippen LogP contribution in [0.4, 0.5) is 0 Å². The molecule has 1 aromatic carbocycles. The molecule has 1 saturated heterocycles. The van der Waals surface area contributed by atoms with Gasteiger partial charge in [-0.05, 0) is 17.7 Å². The third kappa shape index (κ3) is 4.40. The summed E-state index contributed by atoms with van der Waals surface area (Å²) in [7, 11) is 1.24. The summed E-state index contributed by atoms with van der Waals surface area (Å²) in [5.41, 5.74) is 1.10. The van der Waals surface area contributed by atoms with E-state index in [4.69, 9.17) is 18.9 Å². The molecule has 4 atom stereocenters. The number of esters is 2. The molecule has 2 aliphatic rings. The average Bonchev–Trinajstić information content (AvgIpc) is 3.04. The van der Waals surface area contributed by atoms with E-state index in [1.54, 1.807) is 24.3 Å². The molecule has 0 amide bonds. The quantitative estimate of drug-likeness (QED) is 0.703. The molecule has 0 bridgehead atoms. The maximum absolute atomic E-state index is 12.3. The fourth-order valence-corrected chi connectivity index (χ4v) is 3.39. The highest BCUT2D eigenvalue weighted by atomic mass is 16.6. The molecule has 8 heteroatoms. The van der Waals surface area contributed by atoms with E-state index in [2.05, 4.69) is 0 Å². The second kappa shape index (κ2) is 8.41. The minimum Gasteiger partial charge on any atom is -0.508 e. The zero-order valence-electron chi connectivity index (χ0n) is 14.9. The zero-order chi connectivity index (χ0) is 19.4. The fourth-order valence-electron chi connectivity index (χ4n) is 3.39. The number of phenols is 1. The van der Waals surface area contributed by atoms with Crippen molar-refractivity contribution in [3.8, 4) is 5.75 Å². The molecule has 2 unspecified atom stereocenters. The number of carbonyl (C=O) groups is 2. The van der Waals surface area contributed by atoms with Gasteiger partial charge in [0.1, 0.15) is 11.9 Å². The number of fused-ring (bicyclic) bond motifs is 1. The van der Waals surface area contributed by atoms with Crippen molar-refractivity contribution >= 4 is 11.9 Å². The maximum atomic E-state index is 12.3. The van der Waals surface area contributed by atoms with E-state index in [1.165, 1.54) is 13.4 Å². The monoisotopic (exact) mass is 378 g/mol. The molecule has 3 rings (SSSR count). The highest BCUT2D eigenvalue weighted by Crippen LogP contribution is 2.40. The third-order valence-corrected chi connectivity index (χ3v) is 4.82. The Morgan fingerprint density at radius 1 is 1.26 bits per heavy atom. The molecule has 0 spiro atoms. The topological polar surface area (TPSA) is 112 Å². The van der Waals surface area contributed by atoms with E-state index in [1.807, 2.05) is 0 Å². The number of rotatable bonds is 6. The van der Waals surface area contributed by atoms with Crippen LogP contribution in [0.5, 0.6) is 5.75 Å². The molecule has 27 heavy (non-hydrogen) atoms. The molecular weight excluding hydrogens is 356 g/mol. The van der Waals surface area contributed by atoms with Crippen molar-refractivity contribution in [3.05, 3.63) is 41.7 Å². The molecule has 0 saturated carbocycles. The molecule has 0 aromatic heterocycles. The van der Waals surface area contributed by atoms with Crippen LogP contribution in [-0.4, -0.2) is 54.9 Å². The van der Waals surface area contributed by atoms with Crippen molar-refractivity contribution in [2.24, 2.45) is 11.8 Å². The number of aliphatic hydroxyl groups is 1. The van der Waals surface area contributed by atoms with Crippen molar-refractivity contribution < 1.29 is 38.7 Å². The standard InChI is InChI=1S/C19H22O8/c1-24-18(22)14-9-26-15-10-27-19(23)17(15)13(14)8-16(21)25-7-6-11-2-4-12(20)5-3-11/h2-5,9,13,15,17,19-20,23H,6-8,10H2,1H3/t13?,15-,17-,19?/m1/s1. The molecule has 2 heterocycles. The Kier molecular flexibility index (Phi) is 5.98. The molecule has 146 valence electrons. The van der Waals surface area contributed by atoms with Crippen LogP contribution in [0, 0.1) is 11.8 Å². The van der Waals surface area contributed by atoms with Crippen molar-refractivity contribution in [1.82, 2.24) is 0 Å². The van der Waals surface area contributed by atoms with E-state index in [0.29, 0.717) is 6.42 Å². The van der Waals surface area contributed by atoms with Crippen LogP contribution in [0.25, 0.3) is 0 Å². The second-order valence-electron chi connectivity index (χ2n) is 6.49. The molecular formula is C19H22O8. The first-order valence-electron chi connectivity index (χ1n) is 8.66. The molecule has 0 radical (unpaired) electrons. The molecule has 2 aliphatic heterocycles. The third-order valence-electron chi connectivity index (χ3n) is 4.82. The lowest BCUT2D eigenvalue weighted by Crippen LogP contribution is -2.40. The van der Waals surface area contributed by atoms with Crippen molar-refractivity contribution in [3.63, 3.8) is 0 Å². The summed E-state index contributed by atoms with van der Waals surface area (Å²) in [5.74, 6) is -2.10. The van der Waals surface area contributed by atoms with Gasteiger partial charge in [0.2, 0.25) is 0 Å². The first-order chi connectivity index (χ1) is 13.0. The second-order valence-corrected chi connectivity index (χ2v) is 6.49. The molecule has 2 N–H and O–H groups in total. The Hall–Kier alpha value is -2.58. The molecule has 1 fully saturated rings. The highest BCUT2D eigenvalue weighted by Gasteiger charge is 2.49. The Morgan fingerprint density at radius 3 is 2.70 bits per heavy atom. The first kappa shape index (κ1) is 19.2. The number of carbonyl (C=O) groups excluding carboxylic acids is 2. The van der Waals surface area contributed by atoms with E-state index in [-0.39, 0.29) is 31.0 Å². The summed E-state index contributed by atoms with van der Waals surface area (Å²) >= 11 is 0. The number of aliphatic hydroxyl groups excluding tert-OH is 1. The smallest absolute Gasteiger partial charge is 0.337 e. The van der Waals surface area contributed by atoms with Gasteiger partial charge < -0.3 is 29.2 Å². The van der Waals surface area contributed by atoms with Gasteiger partial charge in [-0.2, -0.15) is 0 Å². The van der Waals surface area contributed by atoms with Crippen LogP contribution in [0.2, 0.25) is 0 Å². The minimum absolute atomic E-state index is 0.0958. The van der Waals surface area contributed by atoms with Gasteiger partial charge in [-0.25, -0.2) is 4.79 Å². The van der Waals surface area contributed by atoms with Crippen LogP contribution < -0.4 is 0 Å². The largest absolute Gasteiger partial charge is 0.508 e. The zero-order valence-corrected chi connectivity index (χ0v) is 14.9. The summed E-state index contributed by atoms with van der Waals surface area (Å²) in [6.45, 7) is 0.348. The molecule has 8 nitrogen and oxygen atoms in total. The summed E-state index contributed by atoms with van der Waals surface area (Å²) in [5, 5.41) is 19.3. The number of hydrogen-bond acceptors (Lipinski definition) is 8. The molecule has 1 aromatic rings. The predicted molar refractivity (Wildman–Crippen MR) is 91.3 cm³/mol.